The van der Waals surface area contributed by atoms with E-state index < -0.39 is 0 Å². The van der Waals surface area contributed by atoms with Gasteiger partial charge in [-0.1, -0.05) is 18.2 Å². The molecule has 0 atom stereocenters. The molecular weight excluding hydrogens is 248 g/mol. The maximum Gasteiger partial charge on any atom is 0.0928 e. The molecule has 0 saturated heterocycles. The molecule has 0 amide bonds. The van der Waals surface area contributed by atoms with Crippen LogP contribution in [-0.2, 0) is 0 Å². The van der Waals surface area contributed by atoms with Crippen LogP contribution in [-0.4, -0.2) is 20.2 Å². The Kier molecular flexibility index (Phi) is 2.39. The molecule has 2 N–H and O–H groups in total. The van der Waals surface area contributed by atoms with Gasteiger partial charge in [-0.15, -0.1) is 0 Å². The molecule has 96 valence electrons. The van der Waals surface area contributed by atoms with E-state index in [0.29, 0.717) is 0 Å². The van der Waals surface area contributed by atoms with Crippen LogP contribution in [0, 0.1) is 0 Å². The van der Waals surface area contributed by atoms with Crippen LogP contribution in [0.5, 0.6) is 0 Å². The van der Waals surface area contributed by atoms with E-state index in [2.05, 4.69) is 38.4 Å². The first kappa shape index (κ1) is 11.0. The zero-order valence-electron chi connectivity index (χ0n) is 10.7. The fraction of sp³-hybridized carbons (Fsp3) is 0. The van der Waals surface area contributed by atoms with Gasteiger partial charge in [0, 0.05) is 40.6 Å². The monoisotopic (exact) mass is 260 g/mol. The van der Waals surface area contributed by atoms with Crippen molar-refractivity contribution >= 4 is 10.9 Å². The summed E-state index contributed by atoms with van der Waals surface area (Å²) in [5, 5.41) is 8.68. The summed E-state index contributed by atoms with van der Waals surface area (Å²) in [5.74, 6) is 0. The molecule has 4 heteroatoms. The third-order valence-corrected chi connectivity index (χ3v) is 3.43. The average Bonchev–Trinajstić information content (AvgIpc) is 3.14. The number of para-hydroxylation sites is 1. The van der Waals surface area contributed by atoms with Crippen LogP contribution in [0.3, 0.4) is 0 Å². The SMILES string of the molecule is c1ccc2c(-c3cc(-c4ccncc4)n[nH]3)c[nH]c2c1. The Morgan fingerprint density at radius 3 is 2.70 bits per heavy atom. The molecule has 3 heterocycles. The molecule has 0 radical (unpaired) electrons. The van der Waals surface area contributed by atoms with Crippen LogP contribution < -0.4 is 0 Å². The van der Waals surface area contributed by atoms with Crippen molar-refractivity contribution in [3.8, 4) is 22.5 Å². The summed E-state index contributed by atoms with van der Waals surface area (Å²) in [4.78, 5) is 7.30. The second kappa shape index (κ2) is 4.35. The first-order valence-electron chi connectivity index (χ1n) is 6.44. The van der Waals surface area contributed by atoms with E-state index in [4.69, 9.17) is 0 Å². The number of benzene rings is 1. The lowest BCUT2D eigenvalue weighted by Crippen LogP contribution is -1.77. The molecule has 1 aromatic carbocycles. The summed E-state index contributed by atoms with van der Waals surface area (Å²) in [6, 6.07) is 14.2. The molecule has 0 aliphatic heterocycles. The lowest BCUT2D eigenvalue weighted by Gasteiger charge is -1.94. The topological polar surface area (TPSA) is 57.4 Å². The molecule has 4 aromatic rings. The highest BCUT2D eigenvalue weighted by atomic mass is 15.1. The summed E-state index contributed by atoms with van der Waals surface area (Å²) < 4.78 is 0. The third kappa shape index (κ3) is 1.70. The van der Waals surface area contributed by atoms with Gasteiger partial charge in [-0.3, -0.25) is 10.1 Å². The van der Waals surface area contributed by atoms with Crippen molar-refractivity contribution in [2.45, 2.75) is 0 Å². The smallest absolute Gasteiger partial charge is 0.0928 e. The molecular formula is C16H12N4. The van der Waals surface area contributed by atoms with Gasteiger partial charge in [0.1, 0.15) is 0 Å². The van der Waals surface area contributed by atoms with E-state index in [1.165, 1.54) is 5.39 Å². The van der Waals surface area contributed by atoms with Crippen molar-refractivity contribution in [3.63, 3.8) is 0 Å². The average molecular weight is 260 g/mol. The quantitative estimate of drug-likeness (QED) is 0.578. The third-order valence-electron chi connectivity index (χ3n) is 3.43. The van der Waals surface area contributed by atoms with Crippen LogP contribution in [0.15, 0.2) is 61.1 Å². The van der Waals surface area contributed by atoms with E-state index in [9.17, 15) is 0 Å². The second-order valence-corrected chi connectivity index (χ2v) is 4.65. The number of fused-ring (bicyclic) bond motifs is 1. The van der Waals surface area contributed by atoms with Gasteiger partial charge < -0.3 is 4.98 Å². The summed E-state index contributed by atoms with van der Waals surface area (Å²) in [7, 11) is 0. The van der Waals surface area contributed by atoms with Crippen molar-refractivity contribution in [2.75, 3.05) is 0 Å². The van der Waals surface area contributed by atoms with Gasteiger partial charge in [-0.05, 0) is 24.3 Å². The Labute approximate surface area is 115 Å². The van der Waals surface area contributed by atoms with Crippen LogP contribution in [0.1, 0.15) is 0 Å². The fourth-order valence-corrected chi connectivity index (χ4v) is 2.42. The number of aromatic nitrogens is 4. The number of nitrogens with one attached hydrogen (secondary N) is 2. The van der Waals surface area contributed by atoms with E-state index in [-0.39, 0.29) is 0 Å². The molecule has 4 rings (SSSR count). The Hall–Kier alpha value is -2.88. The lowest BCUT2D eigenvalue weighted by atomic mass is 10.1. The molecule has 20 heavy (non-hydrogen) atoms. The maximum atomic E-state index is 4.38. The molecule has 0 aliphatic rings. The van der Waals surface area contributed by atoms with Gasteiger partial charge in [-0.2, -0.15) is 5.10 Å². The largest absolute Gasteiger partial charge is 0.360 e. The molecule has 0 saturated carbocycles. The standard InChI is InChI=1S/C16H12N4/c1-2-4-14-12(3-1)13(10-18-14)16-9-15(19-20-16)11-5-7-17-8-6-11/h1-10,18H,(H,19,20). The second-order valence-electron chi connectivity index (χ2n) is 4.65. The predicted molar refractivity (Wildman–Crippen MR) is 79.1 cm³/mol. The van der Waals surface area contributed by atoms with E-state index in [1.807, 2.05) is 30.5 Å². The summed E-state index contributed by atoms with van der Waals surface area (Å²) >= 11 is 0. The van der Waals surface area contributed by atoms with Crippen LogP contribution in [0.2, 0.25) is 0 Å². The van der Waals surface area contributed by atoms with Gasteiger partial charge in [-0.25, -0.2) is 0 Å². The zero-order valence-corrected chi connectivity index (χ0v) is 10.7. The summed E-state index contributed by atoms with van der Waals surface area (Å²) in [6.45, 7) is 0. The highest BCUT2D eigenvalue weighted by Crippen LogP contribution is 2.29. The Bertz CT molecular complexity index is 858. The van der Waals surface area contributed by atoms with Crippen molar-refractivity contribution in [1.82, 2.24) is 20.2 Å². The Morgan fingerprint density at radius 2 is 1.80 bits per heavy atom. The van der Waals surface area contributed by atoms with E-state index in [1.54, 1.807) is 12.4 Å². The Morgan fingerprint density at radius 1 is 0.950 bits per heavy atom. The van der Waals surface area contributed by atoms with Crippen molar-refractivity contribution in [2.24, 2.45) is 0 Å². The van der Waals surface area contributed by atoms with Crippen molar-refractivity contribution in [3.05, 3.63) is 61.1 Å². The maximum absolute atomic E-state index is 4.38. The minimum absolute atomic E-state index is 0.924. The number of hydrogen-bond acceptors (Lipinski definition) is 2. The zero-order chi connectivity index (χ0) is 13.4. The normalized spacial score (nSPS) is 11.0. The molecule has 4 nitrogen and oxygen atoms in total. The lowest BCUT2D eigenvalue weighted by molar-refractivity contribution is 1.10. The molecule has 0 spiro atoms. The van der Waals surface area contributed by atoms with Gasteiger partial charge in [0.05, 0.1) is 11.4 Å². The fourth-order valence-electron chi connectivity index (χ4n) is 2.42. The Balaban J connectivity index is 1.82. The molecule has 0 bridgehead atoms. The number of aromatic amines is 2. The number of H-pyrrole nitrogens is 2. The minimum atomic E-state index is 0.924. The number of nitrogens with zero attached hydrogens (tertiary/aromatic N) is 2. The highest BCUT2D eigenvalue weighted by molar-refractivity contribution is 5.94. The summed E-state index contributed by atoms with van der Waals surface area (Å²) in [6.07, 6.45) is 5.55. The molecule has 3 aromatic heterocycles. The summed E-state index contributed by atoms with van der Waals surface area (Å²) in [5.41, 5.74) is 5.25. The van der Waals surface area contributed by atoms with Crippen molar-refractivity contribution < 1.29 is 0 Å². The van der Waals surface area contributed by atoms with E-state index >= 15 is 0 Å². The van der Waals surface area contributed by atoms with Gasteiger partial charge in [0.25, 0.3) is 0 Å². The van der Waals surface area contributed by atoms with Gasteiger partial charge in [0.15, 0.2) is 0 Å². The minimum Gasteiger partial charge on any atom is -0.360 e. The first-order valence-corrected chi connectivity index (χ1v) is 6.44. The van der Waals surface area contributed by atoms with E-state index in [0.717, 1.165) is 28.0 Å². The first-order chi connectivity index (χ1) is 9.92. The van der Waals surface area contributed by atoms with Crippen LogP contribution in [0.4, 0.5) is 0 Å². The predicted octanol–water partition coefficient (Wildman–Crippen LogP) is 3.62. The van der Waals surface area contributed by atoms with Crippen LogP contribution >= 0.6 is 0 Å². The van der Waals surface area contributed by atoms with Crippen LogP contribution in [0.25, 0.3) is 33.4 Å². The number of pyridine rings is 1. The number of rotatable bonds is 2. The van der Waals surface area contributed by atoms with Gasteiger partial charge >= 0.3 is 0 Å². The van der Waals surface area contributed by atoms with Gasteiger partial charge in [0.2, 0.25) is 0 Å². The number of hydrogen-bond donors (Lipinski definition) is 2. The molecule has 0 fully saturated rings. The highest BCUT2D eigenvalue weighted by Gasteiger charge is 2.09. The molecule has 0 aliphatic carbocycles. The van der Waals surface area contributed by atoms with Crippen molar-refractivity contribution in [1.29, 1.82) is 0 Å². The molecule has 0 unspecified atom stereocenters.